The molecule has 1 N–H and O–H groups in total. The van der Waals surface area contributed by atoms with Crippen LogP contribution in [-0.2, 0) is 4.74 Å². The fourth-order valence-electron chi connectivity index (χ4n) is 2.41. The molecule has 0 saturated heterocycles. The summed E-state index contributed by atoms with van der Waals surface area (Å²) in [7, 11) is 0. The Morgan fingerprint density at radius 1 is 1.16 bits per heavy atom. The quantitative estimate of drug-likeness (QED) is 0.445. The molecule has 1 aromatic heterocycles. The number of fused-ring (bicyclic) bond motifs is 1. The van der Waals surface area contributed by atoms with Crippen LogP contribution >= 0.6 is 0 Å². The summed E-state index contributed by atoms with van der Waals surface area (Å²) in [5, 5.41) is 10.7. The van der Waals surface area contributed by atoms with E-state index in [0.29, 0.717) is 10.9 Å². The zero-order chi connectivity index (χ0) is 17.8. The average Bonchev–Trinajstić information content (AvgIpc) is 2.60. The van der Waals surface area contributed by atoms with Crippen LogP contribution in [-0.4, -0.2) is 17.7 Å². The smallest absolute Gasteiger partial charge is 0.351 e. The fraction of sp³-hybridized carbons (Fsp3) is 0.100. The first-order valence-corrected chi connectivity index (χ1v) is 7.79. The lowest BCUT2D eigenvalue weighted by Gasteiger charge is -2.05. The highest BCUT2D eigenvalue weighted by Gasteiger charge is 2.15. The van der Waals surface area contributed by atoms with Crippen LogP contribution < -0.4 is 5.63 Å². The molecule has 2 aromatic carbocycles. The average molecular weight is 336 g/mol. The van der Waals surface area contributed by atoms with E-state index in [2.05, 4.69) is 0 Å². The van der Waals surface area contributed by atoms with E-state index in [1.807, 2.05) is 36.4 Å². The van der Waals surface area contributed by atoms with Gasteiger partial charge < -0.3 is 14.3 Å². The minimum Gasteiger partial charge on any atom is -0.507 e. The third-order valence-corrected chi connectivity index (χ3v) is 3.63. The maximum Gasteiger partial charge on any atom is 0.351 e. The molecule has 0 aliphatic heterocycles. The van der Waals surface area contributed by atoms with Crippen LogP contribution in [0.15, 0.2) is 57.7 Å². The third-order valence-electron chi connectivity index (χ3n) is 3.63. The molecule has 0 saturated carbocycles. The van der Waals surface area contributed by atoms with Crippen molar-refractivity contribution in [3.63, 3.8) is 0 Å². The van der Waals surface area contributed by atoms with E-state index in [9.17, 15) is 14.7 Å². The molecule has 0 unspecified atom stereocenters. The van der Waals surface area contributed by atoms with E-state index in [-0.39, 0.29) is 23.5 Å². The number of ether oxygens (including phenoxy) is 1. The molecule has 3 rings (SSSR count). The summed E-state index contributed by atoms with van der Waals surface area (Å²) in [6, 6.07) is 14.0. The fourth-order valence-corrected chi connectivity index (χ4v) is 2.41. The Morgan fingerprint density at radius 3 is 2.64 bits per heavy atom. The van der Waals surface area contributed by atoms with Crippen LogP contribution in [0, 0.1) is 0 Å². The first-order chi connectivity index (χ1) is 12.1. The van der Waals surface area contributed by atoms with Gasteiger partial charge in [0.05, 0.1) is 6.61 Å². The topological polar surface area (TPSA) is 76.7 Å². The Balaban J connectivity index is 2.04. The number of rotatable bonds is 4. The van der Waals surface area contributed by atoms with Crippen LogP contribution in [0.1, 0.15) is 28.4 Å². The van der Waals surface area contributed by atoms with Gasteiger partial charge in [-0.15, -0.1) is 0 Å². The van der Waals surface area contributed by atoms with E-state index in [0.717, 1.165) is 5.56 Å². The largest absolute Gasteiger partial charge is 0.507 e. The summed E-state index contributed by atoms with van der Waals surface area (Å²) in [4.78, 5) is 23.7. The lowest BCUT2D eigenvalue weighted by atomic mass is 10.1. The zero-order valence-electron chi connectivity index (χ0n) is 13.6. The highest BCUT2D eigenvalue weighted by molar-refractivity contribution is 5.94. The van der Waals surface area contributed by atoms with Crippen LogP contribution in [0.2, 0.25) is 0 Å². The Bertz CT molecular complexity index is 1000. The maximum absolute atomic E-state index is 11.9. The molecule has 0 spiro atoms. The van der Waals surface area contributed by atoms with Gasteiger partial charge in [0.15, 0.2) is 0 Å². The number of carbonyl (C=O) groups excluding carboxylic acids is 1. The van der Waals surface area contributed by atoms with Crippen molar-refractivity contribution >= 4 is 29.1 Å². The van der Waals surface area contributed by atoms with Crippen molar-refractivity contribution < 1.29 is 19.1 Å². The summed E-state index contributed by atoms with van der Waals surface area (Å²) in [6.45, 7) is 1.82. The van der Waals surface area contributed by atoms with Crippen molar-refractivity contribution in [2.75, 3.05) is 6.61 Å². The molecule has 3 aromatic rings. The Morgan fingerprint density at radius 2 is 1.92 bits per heavy atom. The molecule has 0 radical (unpaired) electrons. The Kier molecular flexibility index (Phi) is 4.66. The van der Waals surface area contributed by atoms with Gasteiger partial charge in [-0.1, -0.05) is 42.5 Å². The molecule has 0 bridgehead atoms. The number of hydrogen-bond acceptors (Lipinski definition) is 5. The summed E-state index contributed by atoms with van der Waals surface area (Å²) in [5.74, 6) is -0.751. The van der Waals surface area contributed by atoms with Gasteiger partial charge >= 0.3 is 11.6 Å². The van der Waals surface area contributed by atoms with Gasteiger partial charge in [-0.2, -0.15) is 0 Å². The van der Waals surface area contributed by atoms with Crippen molar-refractivity contribution in [1.82, 2.24) is 0 Å². The minimum atomic E-state index is -0.794. The monoisotopic (exact) mass is 336 g/mol. The molecule has 126 valence electrons. The molecule has 5 heteroatoms. The first kappa shape index (κ1) is 16.5. The molecular formula is C20H16O5. The lowest BCUT2D eigenvalue weighted by molar-refractivity contribution is 0.0522. The van der Waals surface area contributed by atoms with Gasteiger partial charge in [-0.3, -0.25) is 0 Å². The molecule has 0 fully saturated rings. The Labute approximate surface area is 143 Å². The zero-order valence-corrected chi connectivity index (χ0v) is 13.6. The number of esters is 1. The van der Waals surface area contributed by atoms with E-state index in [1.165, 1.54) is 12.1 Å². The molecule has 0 aliphatic rings. The van der Waals surface area contributed by atoms with Crippen LogP contribution in [0.25, 0.3) is 23.1 Å². The number of hydrogen-bond donors (Lipinski definition) is 1. The van der Waals surface area contributed by atoms with E-state index in [4.69, 9.17) is 9.15 Å². The highest BCUT2D eigenvalue weighted by Crippen LogP contribution is 2.26. The van der Waals surface area contributed by atoms with Crippen LogP contribution in [0.4, 0.5) is 0 Å². The van der Waals surface area contributed by atoms with Crippen molar-refractivity contribution in [1.29, 1.82) is 0 Å². The van der Waals surface area contributed by atoms with Gasteiger partial charge in [-0.25, -0.2) is 9.59 Å². The van der Waals surface area contributed by atoms with Crippen molar-refractivity contribution in [2.24, 2.45) is 0 Å². The molecular weight excluding hydrogens is 320 g/mol. The molecule has 0 amide bonds. The SMILES string of the molecule is CCOC(=O)c1cc2cc(/C=C/c3ccccc3)c(O)cc2oc1=O. The van der Waals surface area contributed by atoms with Crippen LogP contribution in [0.3, 0.4) is 0 Å². The molecule has 1 heterocycles. The Hall–Kier alpha value is -3.34. The molecule has 25 heavy (non-hydrogen) atoms. The third kappa shape index (κ3) is 3.61. The molecule has 0 atom stereocenters. The predicted molar refractivity (Wildman–Crippen MR) is 95.5 cm³/mol. The second kappa shape index (κ2) is 7.05. The number of phenolic OH excluding ortho intramolecular Hbond substituents is 1. The normalized spacial score (nSPS) is 11.1. The van der Waals surface area contributed by atoms with Crippen LogP contribution in [0.5, 0.6) is 5.75 Å². The lowest BCUT2D eigenvalue weighted by Crippen LogP contribution is -2.16. The number of aromatic hydroxyl groups is 1. The minimum absolute atomic E-state index is 0.0216. The van der Waals surface area contributed by atoms with E-state index < -0.39 is 11.6 Å². The van der Waals surface area contributed by atoms with E-state index in [1.54, 1.807) is 19.1 Å². The van der Waals surface area contributed by atoms with Gasteiger partial charge in [0.2, 0.25) is 0 Å². The number of phenols is 1. The van der Waals surface area contributed by atoms with Gasteiger partial charge in [-0.05, 0) is 24.6 Å². The standard InChI is InChI=1S/C20H16O5/c1-2-24-19(22)16-11-15-10-14(9-8-13-6-4-3-5-7-13)17(21)12-18(15)25-20(16)23/h3-12,21H,2H2,1H3/b9-8+. The predicted octanol–water partition coefficient (Wildman–Crippen LogP) is 3.85. The number of benzene rings is 2. The summed E-state index contributed by atoms with van der Waals surface area (Å²) >= 11 is 0. The van der Waals surface area contributed by atoms with Crippen molar-refractivity contribution in [3.05, 3.63) is 75.6 Å². The summed E-state index contributed by atoms with van der Waals surface area (Å²) in [6.07, 6.45) is 3.60. The maximum atomic E-state index is 11.9. The molecule has 5 nitrogen and oxygen atoms in total. The second-order valence-corrected chi connectivity index (χ2v) is 5.36. The highest BCUT2D eigenvalue weighted by atomic mass is 16.5. The first-order valence-electron chi connectivity index (χ1n) is 7.79. The van der Waals surface area contributed by atoms with Gasteiger partial charge in [0.25, 0.3) is 0 Å². The summed E-state index contributed by atoms with van der Waals surface area (Å²) in [5.41, 5.74) is 0.761. The van der Waals surface area contributed by atoms with Crippen molar-refractivity contribution in [2.45, 2.75) is 6.92 Å². The summed E-state index contributed by atoms with van der Waals surface area (Å²) < 4.78 is 9.97. The van der Waals surface area contributed by atoms with Crippen molar-refractivity contribution in [3.8, 4) is 5.75 Å². The second-order valence-electron chi connectivity index (χ2n) is 5.36. The number of carbonyl (C=O) groups is 1. The van der Waals surface area contributed by atoms with Gasteiger partial charge in [0, 0.05) is 17.0 Å². The molecule has 0 aliphatic carbocycles. The van der Waals surface area contributed by atoms with Gasteiger partial charge in [0.1, 0.15) is 16.9 Å². The van der Waals surface area contributed by atoms with E-state index >= 15 is 0 Å².